The summed E-state index contributed by atoms with van der Waals surface area (Å²) in [5.74, 6) is -0.433. The third-order valence-corrected chi connectivity index (χ3v) is 5.25. The molecule has 3 rings (SSSR count). The molecular formula is C17H18FNOS. The van der Waals surface area contributed by atoms with Crippen molar-refractivity contribution in [3.05, 3.63) is 41.3 Å². The molecule has 0 bridgehead atoms. The van der Waals surface area contributed by atoms with Crippen molar-refractivity contribution in [2.24, 2.45) is 0 Å². The van der Waals surface area contributed by atoms with E-state index in [4.69, 9.17) is 4.98 Å². The van der Waals surface area contributed by atoms with Gasteiger partial charge in [-0.3, -0.25) is 0 Å². The molecule has 110 valence electrons. The minimum absolute atomic E-state index is 0.310. The highest BCUT2D eigenvalue weighted by Gasteiger charge is 2.25. The molecule has 2 nitrogen and oxygen atoms in total. The van der Waals surface area contributed by atoms with Gasteiger partial charge in [-0.25, -0.2) is 9.37 Å². The van der Waals surface area contributed by atoms with Gasteiger partial charge in [0.1, 0.15) is 5.01 Å². The zero-order valence-electron chi connectivity index (χ0n) is 12.0. The number of benzene rings is 1. The number of allylic oxidation sites excluding steroid dienone is 1. The Kier molecular flexibility index (Phi) is 3.81. The van der Waals surface area contributed by atoms with Gasteiger partial charge in [-0.05, 0) is 43.0 Å². The van der Waals surface area contributed by atoms with Crippen LogP contribution in [0.3, 0.4) is 0 Å². The maximum atomic E-state index is 13.3. The summed E-state index contributed by atoms with van der Waals surface area (Å²) in [5, 5.41) is 10.6. The van der Waals surface area contributed by atoms with E-state index in [0.29, 0.717) is 5.92 Å². The summed E-state index contributed by atoms with van der Waals surface area (Å²) in [5.41, 5.74) is 2.86. The quantitative estimate of drug-likeness (QED) is 0.829. The Morgan fingerprint density at radius 1 is 1.38 bits per heavy atom. The Labute approximate surface area is 128 Å². The Morgan fingerprint density at radius 3 is 2.71 bits per heavy atom. The minimum Gasteiger partial charge on any atom is -0.505 e. The summed E-state index contributed by atoms with van der Waals surface area (Å²) >= 11 is 1.58. The molecule has 0 amide bonds. The second kappa shape index (κ2) is 5.60. The molecule has 0 radical (unpaired) electrons. The SMILES string of the molecule is C=C(C)c1nc(C2CCCC2)c(-c2ccc(F)c(O)c2)s1. The summed E-state index contributed by atoms with van der Waals surface area (Å²) in [6, 6.07) is 4.51. The van der Waals surface area contributed by atoms with E-state index in [0.717, 1.165) is 39.6 Å². The van der Waals surface area contributed by atoms with Gasteiger partial charge in [0.15, 0.2) is 11.6 Å². The molecule has 2 aromatic rings. The highest BCUT2D eigenvalue weighted by molar-refractivity contribution is 7.16. The number of rotatable bonds is 3. The summed E-state index contributed by atoms with van der Waals surface area (Å²) in [7, 11) is 0. The third-order valence-electron chi connectivity index (χ3n) is 3.97. The summed E-state index contributed by atoms with van der Waals surface area (Å²) in [6.07, 6.45) is 4.77. The van der Waals surface area contributed by atoms with Crippen molar-refractivity contribution in [1.29, 1.82) is 0 Å². The van der Waals surface area contributed by atoms with Crippen molar-refractivity contribution in [2.75, 3.05) is 0 Å². The fraction of sp³-hybridized carbons (Fsp3) is 0.353. The van der Waals surface area contributed by atoms with Gasteiger partial charge in [0.05, 0.1) is 10.6 Å². The van der Waals surface area contributed by atoms with Gasteiger partial charge in [-0.2, -0.15) is 0 Å². The minimum atomic E-state index is -0.592. The molecule has 1 aromatic carbocycles. The number of nitrogens with zero attached hydrogens (tertiary/aromatic N) is 1. The van der Waals surface area contributed by atoms with E-state index in [1.54, 1.807) is 17.4 Å². The van der Waals surface area contributed by atoms with Crippen LogP contribution in [0.5, 0.6) is 5.75 Å². The molecule has 0 unspecified atom stereocenters. The Balaban J connectivity index is 2.10. The lowest BCUT2D eigenvalue weighted by atomic mass is 10.00. The Bertz CT molecular complexity index is 686. The molecule has 1 aliphatic rings. The first-order chi connectivity index (χ1) is 10.1. The van der Waals surface area contributed by atoms with E-state index in [9.17, 15) is 9.50 Å². The molecule has 0 aliphatic heterocycles. The number of hydrogen-bond acceptors (Lipinski definition) is 3. The number of aromatic hydroxyl groups is 1. The van der Waals surface area contributed by atoms with Gasteiger partial charge in [0.25, 0.3) is 0 Å². The number of halogens is 1. The lowest BCUT2D eigenvalue weighted by Gasteiger charge is -2.09. The number of aromatic nitrogens is 1. The first kappa shape index (κ1) is 14.3. The normalized spacial score (nSPS) is 15.5. The highest BCUT2D eigenvalue weighted by Crippen LogP contribution is 2.43. The molecule has 1 heterocycles. The standard InChI is InChI=1S/C17H18FNOS/c1-10(2)17-19-15(11-5-3-4-6-11)16(21-17)12-7-8-13(18)14(20)9-12/h7-9,11,20H,1,3-6H2,2H3. The maximum Gasteiger partial charge on any atom is 0.164 e. The number of phenolic OH excluding ortho intramolecular Hbond substituents is 1. The average molecular weight is 303 g/mol. The molecule has 4 heteroatoms. The van der Waals surface area contributed by atoms with E-state index < -0.39 is 5.82 Å². The van der Waals surface area contributed by atoms with E-state index in [-0.39, 0.29) is 5.75 Å². The smallest absolute Gasteiger partial charge is 0.164 e. The van der Waals surface area contributed by atoms with E-state index >= 15 is 0 Å². The lowest BCUT2D eigenvalue weighted by molar-refractivity contribution is 0.433. The Hall–Kier alpha value is -1.68. The molecule has 21 heavy (non-hydrogen) atoms. The van der Waals surface area contributed by atoms with Gasteiger partial charge >= 0.3 is 0 Å². The number of phenols is 1. The van der Waals surface area contributed by atoms with Crippen molar-refractivity contribution >= 4 is 16.9 Å². The number of hydrogen-bond donors (Lipinski definition) is 1. The van der Waals surface area contributed by atoms with Crippen LogP contribution in [0.4, 0.5) is 4.39 Å². The molecule has 0 spiro atoms. The largest absolute Gasteiger partial charge is 0.505 e. The second-order valence-corrected chi connectivity index (χ2v) is 6.66. The molecule has 1 fully saturated rings. The van der Waals surface area contributed by atoms with Crippen LogP contribution in [-0.4, -0.2) is 10.1 Å². The molecule has 0 saturated heterocycles. The summed E-state index contributed by atoms with van der Waals surface area (Å²) < 4.78 is 13.3. The predicted octanol–water partition coefficient (Wildman–Crippen LogP) is 5.35. The maximum absolute atomic E-state index is 13.3. The zero-order chi connectivity index (χ0) is 15.0. The van der Waals surface area contributed by atoms with Crippen molar-refractivity contribution in [3.63, 3.8) is 0 Å². The van der Waals surface area contributed by atoms with E-state index in [1.807, 2.05) is 6.92 Å². The fourth-order valence-electron chi connectivity index (χ4n) is 2.85. The zero-order valence-corrected chi connectivity index (χ0v) is 12.8. The molecular weight excluding hydrogens is 285 g/mol. The van der Waals surface area contributed by atoms with Crippen LogP contribution < -0.4 is 0 Å². The van der Waals surface area contributed by atoms with E-state index in [2.05, 4.69) is 6.58 Å². The molecule has 1 N–H and O–H groups in total. The van der Waals surface area contributed by atoms with Crippen molar-refractivity contribution in [2.45, 2.75) is 38.5 Å². The van der Waals surface area contributed by atoms with Gasteiger partial charge in [-0.15, -0.1) is 11.3 Å². The third kappa shape index (κ3) is 2.72. The van der Waals surface area contributed by atoms with Crippen LogP contribution in [0.25, 0.3) is 16.0 Å². The number of thiazole rings is 1. The van der Waals surface area contributed by atoms with Crippen molar-refractivity contribution in [1.82, 2.24) is 4.98 Å². The first-order valence-corrected chi connectivity index (χ1v) is 8.03. The summed E-state index contributed by atoms with van der Waals surface area (Å²) in [6.45, 7) is 5.92. The van der Waals surface area contributed by atoms with Crippen LogP contribution in [-0.2, 0) is 0 Å². The van der Waals surface area contributed by atoms with Gasteiger partial charge < -0.3 is 5.11 Å². The van der Waals surface area contributed by atoms with Crippen molar-refractivity contribution < 1.29 is 9.50 Å². The first-order valence-electron chi connectivity index (χ1n) is 7.21. The highest BCUT2D eigenvalue weighted by atomic mass is 32.1. The second-order valence-electron chi connectivity index (χ2n) is 5.66. The molecule has 1 saturated carbocycles. The topological polar surface area (TPSA) is 33.1 Å². The average Bonchev–Trinajstić information content (AvgIpc) is 3.09. The Morgan fingerprint density at radius 2 is 2.10 bits per heavy atom. The van der Waals surface area contributed by atoms with Crippen LogP contribution in [0, 0.1) is 5.82 Å². The van der Waals surface area contributed by atoms with Crippen LogP contribution in [0.1, 0.15) is 49.2 Å². The van der Waals surface area contributed by atoms with Crippen LogP contribution in [0.2, 0.25) is 0 Å². The van der Waals surface area contributed by atoms with Gasteiger partial charge in [-0.1, -0.05) is 25.5 Å². The predicted molar refractivity (Wildman–Crippen MR) is 85.1 cm³/mol. The molecule has 1 aromatic heterocycles. The van der Waals surface area contributed by atoms with Gasteiger partial charge in [0, 0.05) is 5.92 Å². The molecule has 0 atom stereocenters. The molecule has 1 aliphatic carbocycles. The fourth-order valence-corrected chi connectivity index (χ4v) is 3.92. The van der Waals surface area contributed by atoms with Crippen molar-refractivity contribution in [3.8, 4) is 16.2 Å². The van der Waals surface area contributed by atoms with Gasteiger partial charge in [0.2, 0.25) is 0 Å². The van der Waals surface area contributed by atoms with Crippen LogP contribution in [0.15, 0.2) is 24.8 Å². The van der Waals surface area contributed by atoms with E-state index in [1.165, 1.54) is 25.0 Å². The monoisotopic (exact) mass is 303 g/mol. The summed E-state index contributed by atoms with van der Waals surface area (Å²) in [4.78, 5) is 5.80. The lowest BCUT2D eigenvalue weighted by Crippen LogP contribution is -1.95. The van der Waals surface area contributed by atoms with Crippen LogP contribution >= 0.6 is 11.3 Å².